The molecule has 0 aliphatic carbocycles. The van der Waals surface area contributed by atoms with Crippen LogP contribution in [0.1, 0.15) is 11.1 Å². The van der Waals surface area contributed by atoms with Crippen molar-refractivity contribution in [2.45, 2.75) is 0 Å². The van der Waals surface area contributed by atoms with Crippen molar-refractivity contribution in [3.8, 4) is 51.2 Å². The molecular weight excluding hydrogens is 595 g/mol. The van der Waals surface area contributed by atoms with Crippen LogP contribution in [-0.2, 0) is 0 Å². The molecule has 49 heavy (non-hydrogen) atoms. The van der Waals surface area contributed by atoms with Crippen LogP contribution in [0.2, 0.25) is 0 Å². The second-order valence-corrected chi connectivity index (χ2v) is 12.3. The fourth-order valence-corrected chi connectivity index (χ4v) is 7.58. The largest absolute Gasteiger partial charge is 0.307 e. The van der Waals surface area contributed by atoms with Crippen LogP contribution in [0.15, 0.2) is 164 Å². The van der Waals surface area contributed by atoms with Crippen LogP contribution in [0.3, 0.4) is 0 Å². The molecule has 0 saturated heterocycles. The third kappa shape index (κ3) is 4.42. The van der Waals surface area contributed by atoms with Crippen LogP contribution in [0, 0.1) is 22.7 Å². The summed E-state index contributed by atoms with van der Waals surface area (Å²) < 4.78 is 2.18. The van der Waals surface area contributed by atoms with E-state index in [1.54, 1.807) is 6.07 Å². The molecule has 0 aliphatic rings. The molecule has 0 radical (unpaired) electrons. The summed E-state index contributed by atoms with van der Waals surface area (Å²) in [4.78, 5) is 0. The van der Waals surface area contributed by atoms with Crippen molar-refractivity contribution in [2.24, 2.45) is 0 Å². The Morgan fingerprint density at radius 1 is 0.388 bits per heavy atom. The summed E-state index contributed by atoms with van der Waals surface area (Å²) in [5, 5.41) is 27.5. The van der Waals surface area contributed by atoms with Gasteiger partial charge >= 0.3 is 0 Å². The lowest BCUT2D eigenvalue weighted by Gasteiger charge is -2.19. The molecule has 0 N–H and O–H groups in total. The molecule has 0 saturated carbocycles. The Kier molecular flexibility index (Phi) is 6.58. The second kappa shape index (κ2) is 11.4. The fourth-order valence-electron chi connectivity index (χ4n) is 7.58. The van der Waals surface area contributed by atoms with Gasteiger partial charge in [0, 0.05) is 16.3 Å². The van der Waals surface area contributed by atoms with E-state index in [1.807, 2.05) is 30.3 Å². The van der Waals surface area contributed by atoms with Crippen molar-refractivity contribution in [2.75, 3.05) is 0 Å². The highest BCUT2D eigenvalue weighted by Gasteiger charge is 2.21. The Labute approximate surface area is 283 Å². The molecule has 226 valence electrons. The quantitative estimate of drug-likeness (QED) is 0.184. The van der Waals surface area contributed by atoms with Crippen molar-refractivity contribution < 1.29 is 0 Å². The average molecular weight is 622 g/mol. The number of nitrogens with zero attached hydrogens (tertiary/aromatic N) is 3. The highest BCUT2D eigenvalue weighted by Crippen LogP contribution is 2.44. The van der Waals surface area contributed by atoms with Gasteiger partial charge in [0.1, 0.15) is 6.07 Å². The second-order valence-electron chi connectivity index (χ2n) is 12.3. The van der Waals surface area contributed by atoms with E-state index in [-0.39, 0.29) is 0 Å². The number of rotatable bonds is 4. The highest BCUT2D eigenvalue weighted by atomic mass is 15.0. The van der Waals surface area contributed by atoms with Gasteiger partial charge in [-0.15, -0.1) is 0 Å². The average Bonchev–Trinajstić information content (AvgIpc) is 3.50. The molecule has 8 aromatic carbocycles. The van der Waals surface area contributed by atoms with Gasteiger partial charge in [-0.05, 0) is 73.6 Å². The number of nitriles is 2. The van der Waals surface area contributed by atoms with Gasteiger partial charge in [0.2, 0.25) is 0 Å². The van der Waals surface area contributed by atoms with Gasteiger partial charge in [0.25, 0.3) is 0 Å². The van der Waals surface area contributed by atoms with Crippen molar-refractivity contribution in [3.05, 3.63) is 175 Å². The zero-order valence-corrected chi connectivity index (χ0v) is 26.4. The molecule has 9 rings (SSSR count). The number of hydrogen-bond acceptors (Lipinski definition) is 2. The first-order valence-electron chi connectivity index (χ1n) is 16.3. The summed E-state index contributed by atoms with van der Waals surface area (Å²) in [5.74, 6) is 0. The first-order chi connectivity index (χ1) is 24.2. The Morgan fingerprint density at radius 2 is 0.816 bits per heavy atom. The molecule has 0 bridgehead atoms. The van der Waals surface area contributed by atoms with Gasteiger partial charge in [0.15, 0.2) is 0 Å². The van der Waals surface area contributed by atoms with Crippen LogP contribution < -0.4 is 0 Å². The normalized spacial score (nSPS) is 11.2. The van der Waals surface area contributed by atoms with Crippen LogP contribution in [0.25, 0.3) is 82.4 Å². The van der Waals surface area contributed by atoms with Crippen molar-refractivity contribution in [1.29, 1.82) is 10.5 Å². The van der Waals surface area contributed by atoms with Gasteiger partial charge in [0.05, 0.1) is 33.9 Å². The van der Waals surface area contributed by atoms with Gasteiger partial charge in [-0.2, -0.15) is 10.5 Å². The summed E-state index contributed by atoms with van der Waals surface area (Å²) in [5.41, 5.74) is 10.2. The van der Waals surface area contributed by atoms with E-state index in [2.05, 4.69) is 144 Å². The zero-order valence-electron chi connectivity index (χ0n) is 26.4. The smallest absolute Gasteiger partial charge is 0.101 e. The summed E-state index contributed by atoms with van der Waals surface area (Å²) in [7, 11) is 0. The third-order valence-corrected chi connectivity index (χ3v) is 9.64. The van der Waals surface area contributed by atoms with Crippen LogP contribution in [-0.4, -0.2) is 4.57 Å². The molecule has 9 aromatic rings. The maximum atomic E-state index is 10.5. The topological polar surface area (TPSA) is 52.5 Å². The molecule has 0 fully saturated rings. The van der Waals surface area contributed by atoms with Gasteiger partial charge in [-0.3, -0.25) is 0 Å². The first kappa shape index (κ1) is 28.3. The van der Waals surface area contributed by atoms with E-state index in [0.717, 1.165) is 44.2 Å². The molecule has 0 amide bonds. The molecule has 1 heterocycles. The minimum Gasteiger partial charge on any atom is -0.307 e. The maximum Gasteiger partial charge on any atom is 0.101 e. The van der Waals surface area contributed by atoms with Gasteiger partial charge < -0.3 is 4.57 Å². The summed E-state index contributed by atoms with van der Waals surface area (Å²) >= 11 is 0. The molecular formula is C46H27N3. The van der Waals surface area contributed by atoms with Crippen molar-refractivity contribution >= 4 is 43.4 Å². The van der Waals surface area contributed by atoms with Crippen molar-refractivity contribution in [1.82, 2.24) is 4.57 Å². The predicted molar refractivity (Wildman–Crippen MR) is 202 cm³/mol. The summed E-state index contributed by atoms with van der Waals surface area (Å²) in [6.07, 6.45) is 0. The van der Waals surface area contributed by atoms with Crippen LogP contribution >= 0.6 is 0 Å². The third-order valence-electron chi connectivity index (χ3n) is 9.64. The lowest BCUT2D eigenvalue weighted by Crippen LogP contribution is -2.02. The van der Waals surface area contributed by atoms with E-state index >= 15 is 0 Å². The molecule has 3 nitrogen and oxygen atoms in total. The predicted octanol–water partition coefficient (Wildman–Crippen LogP) is 11.8. The Balaban J connectivity index is 1.29. The van der Waals surface area contributed by atoms with Crippen LogP contribution in [0.5, 0.6) is 0 Å². The first-order valence-corrected chi connectivity index (χ1v) is 16.3. The summed E-state index contributed by atoms with van der Waals surface area (Å²) in [6, 6.07) is 61.4. The number of fused-ring (bicyclic) bond motifs is 5. The maximum absolute atomic E-state index is 10.5. The number of para-hydroxylation sites is 2. The number of aromatic nitrogens is 1. The minimum absolute atomic E-state index is 0.452. The SMILES string of the molecule is N#Cc1cc(C#N)c(-n2c3ccccc3c3ccccc32)c(-c2ccc(-c3c4ccccc4c(-c4ccccc4)c4ccccc34)cc2)c1. The van der Waals surface area contributed by atoms with E-state index in [4.69, 9.17) is 0 Å². The molecule has 0 atom stereocenters. The molecule has 3 heteroatoms. The molecule has 0 unspecified atom stereocenters. The highest BCUT2D eigenvalue weighted by molar-refractivity contribution is 6.21. The standard InChI is InChI=1S/C46H27N3/c47-28-30-26-34(29-48)46(49-42-20-10-8-14-35(42)36-15-9-11-21-43(36)49)41(27-30)31-22-24-33(25-23-31)45-39-18-6-4-16-37(39)44(32-12-2-1-3-13-32)38-17-5-7-19-40(38)45/h1-27H. The lowest BCUT2D eigenvalue weighted by molar-refractivity contribution is 1.17. The molecule has 1 aromatic heterocycles. The minimum atomic E-state index is 0.452. The van der Waals surface area contributed by atoms with Gasteiger partial charge in [-0.1, -0.05) is 140 Å². The monoisotopic (exact) mass is 621 g/mol. The number of hydrogen-bond donors (Lipinski definition) is 0. The Morgan fingerprint density at radius 3 is 1.31 bits per heavy atom. The molecule has 0 aliphatic heterocycles. The van der Waals surface area contributed by atoms with Crippen LogP contribution in [0.4, 0.5) is 0 Å². The van der Waals surface area contributed by atoms with E-state index in [0.29, 0.717) is 11.1 Å². The Bertz CT molecular complexity index is 2720. The van der Waals surface area contributed by atoms with E-state index in [1.165, 1.54) is 38.2 Å². The Hall–Kier alpha value is -6.94. The summed E-state index contributed by atoms with van der Waals surface area (Å²) in [6.45, 7) is 0. The van der Waals surface area contributed by atoms with E-state index in [9.17, 15) is 10.5 Å². The van der Waals surface area contributed by atoms with Gasteiger partial charge in [-0.25, -0.2) is 0 Å². The zero-order chi connectivity index (χ0) is 32.9. The van der Waals surface area contributed by atoms with Crippen molar-refractivity contribution in [3.63, 3.8) is 0 Å². The molecule has 0 spiro atoms. The van der Waals surface area contributed by atoms with E-state index < -0.39 is 0 Å². The fraction of sp³-hybridized carbons (Fsp3) is 0. The lowest BCUT2D eigenvalue weighted by atomic mass is 9.85. The number of benzene rings is 8.